The predicted octanol–water partition coefficient (Wildman–Crippen LogP) is 6.50. The van der Waals surface area contributed by atoms with Crippen LogP contribution in [0.25, 0.3) is 0 Å². The number of fused-ring (bicyclic) bond motifs is 2. The summed E-state index contributed by atoms with van der Waals surface area (Å²) in [7, 11) is 0. The average Bonchev–Trinajstić information content (AvgIpc) is 3.62. The van der Waals surface area contributed by atoms with Crippen LogP contribution in [0.1, 0.15) is 118 Å². The first-order chi connectivity index (χ1) is 27.0. The number of esters is 2. The molecular weight excluding hydrogens is 720 g/mol. The molecule has 2 N–H and O–H groups in total. The van der Waals surface area contributed by atoms with Crippen LogP contribution < -0.4 is 9.47 Å². The van der Waals surface area contributed by atoms with Crippen molar-refractivity contribution in [2.45, 2.75) is 103 Å². The van der Waals surface area contributed by atoms with Crippen molar-refractivity contribution < 1.29 is 48.3 Å². The van der Waals surface area contributed by atoms with Gasteiger partial charge in [0.05, 0.1) is 31.5 Å². The van der Waals surface area contributed by atoms with Crippen molar-refractivity contribution in [1.29, 1.82) is 0 Å². The Morgan fingerprint density at radius 2 is 1.71 bits per heavy atom. The first-order valence-corrected chi connectivity index (χ1v) is 19.8. The van der Waals surface area contributed by atoms with Gasteiger partial charge in [-0.05, 0) is 95.9 Å². The number of rotatable bonds is 20. The van der Waals surface area contributed by atoms with Crippen LogP contribution in [0.5, 0.6) is 11.5 Å². The maximum atomic E-state index is 13.8. The summed E-state index contributed by atoms with van der Waals surface area (Å²) in [6.45, 7) is 17.5. The lowest BCUT2D eigenvalue weighted by Crippen LogP contribution is -2.63. The monoisotopic (exact) mass is 778 g/mol. The highest BCUT2D eigenvalue weighted by Crippen LogP contribution is 2.63. The summed E-state index contributed by atoms with van der Waals surface area (Å²) in [6, 6.07) is 4.77. The molecule has 2 heterocycles. The molecule has 0 bridgehead atoms. The molecule has 1 aromatic heterocycles. The van der Waals surface area contributed by atoms with Crippen molar-refractivity contribution in [2.24, 2.45) is 22.9 Å². The fraction of sp³-hybridized carbons (Fsp3) is 0.595. The topological polar surface area (TPSA) is 173 Å². The zero-order chi connectivity index (χ0) is 40.5. The average molecular weight is 779 g/mol. The Bertz CT molecular complexity index is 1760. The van der Waals surface area contributed by atoms with Crippen molar-refractivity contribution in [3.63, 3.8) is 0 Å². The molecule has 0 radical (unpaired) electrons. The highest BCUT2D eigenvalue weighted by atomic mass is 16.7. The zero-order valence-electron chi connectivity index (χ0n) is 33.4. The molecule has 1 saturated carbocycles. The molecule has 0 saturated heterocycles. The maximum absolute atomic E-state index is 13.8. The van der Waals surface area contributed by atoms with Crippen LogP contribution in [0.4, 0.5) is 0 Å². The fourth-order valence-corrected chi connectivity index (χ4v) is 8.25. The van der Waals surface area contributed by atoms with Crippen molar-refractivity contribution in [3.8, 4) is 11.5 Å². The molecular formula is C42H58N4O10. The number of unbranched alkanes of at least 4 members (excludes halogenated alkanes) is 2. The van der Waals surface area contributed by atoms with Gasteiger partial charge in [-0.1, -0.05) is 48.0 Å². The Balaban J connectivity index is 1.86. The van der Waals surface area contributed by atoms with Gasteiger partial charge in [-0.15, -0.1) is 11.7 Å². The van der Waals surface area contributed by atoms with Gasteiger partial charge in [0.15, 0.2) is 5.69 Å². The third kappa shape index (κ3) is 9.03. The van der Waals surface area contributed by atoms with E-state index in [4.69, 9.17) is 33.7 Å². The second kappa shape index (κ2) is 19.1. The Labute approximate surface area is 329 Å². The first kappa shape index (κ1) is 42.6. The van der Waals surface area contributed by atoms with E-state index in [1.807, 2.05) is 39.0 Å². The molecule has 14 nitrogen and oxygen atoms in total. The summed E-state index contributed by atoms with van der Waals surface area (Å²) in [5.41, 5.74) is 1.25. The normalized spacial score (nSPS) is 24.6. The number of aliphatic hydroxyl groups is 2. The predicted molar refractivity (Wildman–Crippen MR) is 209 cm³/mol. The van der Waals surface area contributed by atoms with Crippen LogP contribution in [-0.2, 0) is 19.0 Å². The van der Waals surface area contributed by atoms with Gasteiger partial charge in [-0.25, -0.2) is 14.3 Å². The van der Waals surface area contributed by atoms with Crippen LogP contribution in [0.3, 0.4) is 0 Å². The Morgan fingerprint density at radius 3 is 2.38 bits per heavy atom. The van der Waals surface area contributed by atoms with E-state index in [-0.39, 0.29) is 68.6 Å². The number of benzene rings is 1. The summed E-state index contributed by atoms with van der Waals surface area (Å²) in [4.78, 5) is 33.3. The van der Waals surface area contributed by atoms with E-state index < -0.39 is 35.3 Å². The van der Waals surface area contributed by atoms with Gasteiger partial charge in [-0.3, -0.25) is 0 Å². The minimum absolute atomic E-state index is 0.0110. The van der Waals surface area contributed by atoms with Crippen LogP contribution in [0.15, 0.2) is 60.3 Å². The summed E-state index contributed by atoms with van der Waals surface area (Å²) in [5, 5.41) is 33.1. The number of oxime groups is 1. The molecule has 0 amide bonds. The van der Waals surface area contributed by atoms with Gasteiger partial charge in [0.1, 0.15) is 29.7 Å². The van der Waals surface area contributed by atoms with Gasteiger partial charge in [0.2, 0.25) is 11.5 Å². The lowest BCUT2D eigenvalue weighted by molar-refractivity contribution is -0.252. The molecule has 1 aromatic carbocycles. The molecule has 6 unspecified atom stereocenters. The third-order valence-corrected chi connectivity index (χ3v) is 10.4. The summed E-state index contributed by atoms with van der Waals surface area (Å²) in [5.74, 6) is -2.77. The number of aliphatic hydroxyl groups excluding tert-OH is 2. The van der Waals surface area contributed by atoms with E-state index in [1.165, 1.54) is 4.68 Å². The number of allylic oxidation sites excluding steroid dienone is 1. The van der Waals surface area contributed by atoms with Gasteiger partial charge in [0.25, 0.3) is 0 Å². The van der Waals surface area contributed by atoms with Crippen LogP contribution in [0.2, 0.25) is 0 Å². The number of hydrogen-bond donors (Lipinski definition) is 2. The second-order valence-electron chi connectivity index (χ2n) is 15.2. The molecule has 6 atom stereocenters. The van der Waals surface area contributed by atoms with E-state index in [2.05, 4.69) is 29.5 Å². The Kier molecular flexibility index (Phi) is 14.5. The van der Waals surface area contributed by atoms with E-state index in [0.29, 0.717) is 36.7 Å². The quantitative estimate of drug-likeness (QED) is 0.0648. The number of hydrogen-bond acceptors (Lipinski definition) is 13. The molecule has 14 heteroatoms. The van der Waals surface area contributed by atoms with Crippen molar-refractivity contribution >= 4 is 17.7 Å². The standard InChI is InChI=1S/C42H58N4O10/c1-8-22-53-28-18-19-33-31(25-28)35-29(17-13-15-21-48)27(16-12-14-20-47)24-30-32(44-56-41(5,6)7)26-34(42(55-33,36(30)35)54-23-9-2)46-38(40(50)52-11-4)37(43-45-46)39(49)51-10-3/h8-9,18-19,24-25,27,29,34-36,47-48H,1-2,10-17,20-23,26H2,3-7H3. The number of carbonyl (C=O) groups is 2. The van der Waals surface area contributed by atoms with E-state index >= 15 is 0 Å². The Hall–Kier alpha value is -4.53. The van der Waals surface area contributed by atoms with Gasteiger partial charge < -0.3 is 38.7 Å². The summed E-state index contributed by atoms with van der Waals surface area (Å²) < 4.78 is 32.4. The lowest BCUT2D eigenvalue weighted by Gasteiger charge is -2.58. The number of ether oxygens (including phenoxy) is 5. The summed E-state index contributed by atoms with van der Waals surface area (Å²) >= 11 is 0. The molecule has 1 aliphatic heterocycles. The molecule has 2 aliphatic carbocycles. The van der Waals surface area contributed by atoms with Crippen molar-refractivity contribution in [2.75, 3.05) is 39.6 Å². The maximum Gasteiger partial charge on any atom is 0.361 e. The number of aromatic nitrogens is 3. The Morgan fingerprint density at radius 1 is 1.02 bits per heavy atom. The van der Waals surface area contributed by atoms with Crippen molar-refractivity contribution in [1.82, 2.24) is 15.0 Å². The van der Waals surface area contributed by atoms with E-state index in [0.717, 1.165) is 36.8 Å². The van der Waals surface area contributed by atoms with Crippen LogP contribution >= 0.6 is 0 Å². The minimum Gasteiger partial charge on any atom is -0.490 e. The molecule has 1 fully saturated rings. The van der Waals surface area contributed by atoms with E-state index in [1.54, 1.807) is 26.0 Å². The van der Waals surface area contributed by atoms with E-state index in [9.17, 15) is 19.8 Å². The van der Waals surface area contributed by atoms with Crippen LogP contribution in [0, 0.1) is 17.8 Å². The van der Waals surface area contributed by atoms with Gasteiger partial charge in [0, 0.05) is 31.1 Å². The second-order valence-corrected chi connectivity index (χ2v) is 15.2. The zero-order valence-corrected chi connectivity index (χ0v) is 33.4. The van der Waals surface area contributed by atoms with Crippen LogP contribution in [-0.4, -0.2) is 93.9 Å². The highest BCUT2D eigenvalue weighted by Gasteiger charge is 2.65. The number of nitrogens with zero attached hydrogens (tertiary/aromatic N) is 4. The molecule has 3 aliphatic rings. The molecule has 306 valence electrons. The van der Waals surface area contributed by atoms with Crippen molar-refractivity contribution in [3.05, 3.63) is 72.1 Å². The highest BCUT2D eigenvalue weighted by molar-refractivity contribution is 6.03. The summed E-state index contributed by atoms with van der Waals surface area (Å²) in [6.07, 6.45) is 10.1. The minimum atomic E-state index is -1.56. The SMILES string of the molecule is C=CCOc1ccc2c(c1)C1C(CCCCO)C(CCCCO)C=C3C(=NOC(C)(C)C)CC(n4nnc(C(=O)OCC)c4C(=O)OCC)C(OCC=C)(O2)C31. The molecule has 0 spiro atoms. The third-order valence-electron chi connectivity index (χ3n) is 10.4. The first-order valence-electron chi connectivity index (χ1n) is 19.8. The number of carbonyl (C=O) groups excluding carboxylic acids is 2. The smallest absolute Gasteiger partial charge is 0.361 e. The van der Waals surface area contributed by atoms with Gasteiger partial charge >= 0.3 is 11.9 Å². The van der Waals surface area contributed by atoms with Gasteiger partial charge in [-0.2, -0.15) is 0 Å². The lowest BCUT2D eigenvalue weighted by atomic mass is 9.55. The molecule has 2 aromatic rings. The largest absolute Gasteiger partial charge is 0.490 e. The molecule has 5 rings (SSSR count). The fourth-order valence-electron chi connectivity index (χ4n) is 8.25. The molecule has 56 heavy (non-hydrogen) atoms.